The lowest BCUT2D eigenvalue weighted by Gasteiger charge is -2.10. The lowest BCUT2D eigenvalue weighted by Crippen LogP contribution is -2.26. The second-order valence-corrected chi connectivity index (χ2v) is 6.46. The van der Waals surface area contributed by atoms with Crippen molar-refractivity contribution < 1.29 is 17.9 Å². The van der Waals surface area contributed by atoms with Crippen LogP contribution in [0.25, 0.3) is 0 Å². The molecule has 0 aromatic heterocycles. The molecule has 122 valence electrons. The molecule has 0 saturated heterocycles. The largest absolute Gasteiger partial charge is 0.496 e. The fourth-order valence-corrected chi connectivity index (χ4v) is 2.64. The van der Waals surface area contributed by atoms with Crippen LogP contribution < -0.4 is 15.2 Å². The van der Waals surface area contributed by atoms with Crippen molar-refractivity contribution in [2.24, 2.45) is 5.14 Å². The SMILES string of the molecule is COc1ccc(S(N)(=O)=O)cc1C(=O)NCCc1ccccc1. The molecular weight excluding hydrogens is 316 g/mol. The third-order valence-electron chi connectivity index (χ3n) is 3.29. The highest BCUT2D eigenvalue weighted by Crippen LogP contribution is 2.21. The zero-order valence-corrected chi connectivity index (χ0v) is 13.5. The molecule has 0 atom stereocenters. The van der Waals surface area contributed by atoms with Gasteiger partial charge in [0, 0.05) is 6.54 Å². The molecular formula is C16H18N2O4S. The van der Waals surface area contributed by atoms with Gasteiger partial charge in [-0.3, -0.25) is 4.79 Å². The minimum absolute atomic E-state index is 0.132. The van der Waals surface area contributed by atoms with Gasteiger partial charge in [-0.05, 0) is 30.2 Å². The number of ether oxygens (including phenoxy) is 1. The van der Waals surface area contributed by atoms with Crippen LogP contribution in [0.3, 0.4) is 0 Å². The van der Waals surface area contributed by atoms with Crippen LogP contribution in [0.2, 0.25) is 0 Å². The maximum atomic E-state index is 12.3. The number of benzene rings is 2. The molecule has 2 aromatic carbocycles. The second-order valence-electron chi connectivity index (χ2n) is 4.90. The first kappa shape index (κ1) is 17.0. The summed E-state index contributed by atoms with van der Waals surface area (Å²) >= 11 is 0. The molecule has 0 radical (unpaired) electrons. The van der Waals surface area contributed by atoms with Crippen LogP contribution in [-0.4, -0.2) is 28.0 Å². The van der Waals surface area contributed by atoms with Gasteiger partial charge in [0.05, 0.1) is 17.6 Å². The molecule has 0 unspecified atom stereocenters. The van der Waals surface area contributed by atoms with Gasteiger partial charge < -0.3 is 10.1 Å². The molecule has 3 N–H and O–H groups in total. The van der Waals surface area contributed by atoms with Crippen molar-refractivity contribution in [2.75, 3.05) is 13.7 Å². The Kier molecular flexibility index (Phi) is 5.36. The fourth-order valence-electron chi connectivity index (χ4n) is 2.10. The number of primary sulfonamides is 1. The predicted octanol–water partition coefficient (Wildman–Crippen LogP) is 1.32. The van der Waals surface area contributed by atoms with E-state index >= 15 is 0 Å². The van der Waals surface area contributed by atoms with Crippen LogP contribution in [0.1, 0.15) is 15.9 Å². The highest BCUT2D eigenvalue weighted by molar-refractivity contribution is 7.89. The van der Waals surface area contributed by atoms with E-state index in [1.165, 1.54) is 25.3 Å². The summed E-state index contributed by atoms with van der Waals surface area (Å²) in [6.07, 6.45) is 0.670. The first-order chi connectivity index (χ1) is 10.9. The topological polar surface area (TPSA) is 98.5 Å². The van der Waals surface area contributed by atoms with Gasteiger partial charge in [-0.2, -0.15) is 0 Å². The van der Waals surface area contributed by atoms with Gasteiger partial charge in [-0.25, -0.2) is 13.6 Å². The van der Waals surface area contributed by atoms with Crippen LogP contribution in [0.15, 0.2) is 53.4 Å². The number of nitrogens with two attached hydrogens (primary N) is 1. The Morgan fingerprint density at radius 3 is 2.48 bits per heavy atom. The number of carbonyl (C=O) groups excluding carboxylic acids is 1. The van der Waals surface area contributed by atoms with Gasteiger partial charge in [0.15, 0.2) is 0 Å². The van der Waals surface area contributed by atoms with E-state index in [1.54, 1.807) is 0 Å². The molecule has 0 saturated carbocycles. The summed E-state index contributed by atoms with van der Waals surface area (Å²) in [5, 5.41) is 7.84. The van der Waals surface area contributed by atoms with Crippen molar-refractivity contribution in [3.63, 3.8) is 0 Å². The summed E-state index contributed by atoms with van der Waals surface area (Å²) in [7, 11) is -2.47. The van der Waals surface area contributed by atoms with Crippen LogP contribution in [-0.2, 0) is 16.4 Å². The number of hydrogen-bond donors (Lipinski definition) is 2. The Hall–Kier alpha value is -2.38. The molecule has 7 heteroatoms. The third-order valence-corrected chi connectivity index (χ3v) is 4.20. The summed E-state index contributed by atoms with van der Waals surface area (Å²) in [4.78, 5) is 12.1. The third kappa shape index (κ3) is 4.54. The summed E-state index contributed by atoms with van der Waals surface area (Å²) in [6.45, 7) is 0.422. The average molecular weight is 334 g/mol. The van der Waals surface area contributed by atoms with Gasteiger partial charge in [0.25, 0.3) is 5.91 Å². The van der Waals surface area contributed by atoms with Crippen LogP contribution in [0.5, 0.6) is 5.75 Å². The average Bonchev–Trinajstić information content (AvgIpc) is 2.54. The molecule has 0 aliphatic carbocycles. The Morgan fingerprint density at radius 1 is 1.17 bits per heavy atom. The minimum atomic E-state index is -3.88. The number of methoxy groups -OCH3 is 1. The molecule has 2 aromatic rings. The zero-order valence-electron chi connectivity index (χ0n) is 12.7. The van der Waals surface area contributed by atoms with E-state index in [1.807, 2.05) is 30.3 Å². The van der Waals surface area contributed by atoms with E-state index in [4.69, 9.17) is 9.88 Å². The smallest absolute Gasteiger partial charge is 0.255 e. The van der Waals surface area contributed by atoms with Crippen molar-refractivity contribution in [2.45, 2.75) is 11.3 Å². The number of rotatable bonds is 6. The number of nitrogens with one attached hydrogen (secondary N) is 1. The summed E-state index contributed by atoms with van der Waals surface area (Å²) in [5.74, 6) is -0.127. The summed E-state index contributed by atoms with van der Waals surface area (Å²) in [5.41, 5.74) is 1.23. The Bertz CT molecular complexity index is 789. The van der Waals surface area contributed by atoms with E-state index in [0.717, 1.165) is 5.56 Å². The quantitative estimate of drug-likeness (QED) is 0.832. The van der Waals surface area contributed by atoms with Crippen molar-refractivity contribution in [1.29, 1.82) is 0 Å². The summed E-state index contributed by atoms with van der Waals surface area (Å²) < 4.78 is 27.9. The molecule has 2 rings (SSSR count). The highest BCUT2D eigenvalue weighted by Gasteiger charge is 2.17. The van der Waals surface area contributed by atoms with E-state index in [2.05, 4.69) is 5.32 Å². The first-order valence-corrected chi connectivity index (χ1v) is 8.49. The predicted molar refractivity (Wildman–Crippen MR) is 86.8 cm³/mol. The van der Waals surface area contributed by atoms with Gasteiger partial charge in [0.1, 0.15) is 5.75 Å². The standard InChI is InChI=1S/C16H18N2O4S/c1-22-15-8-7-13(23(17,20)21)11-14(15)16(19)18-10-9-12-5-3-2-4-6-12/h2-8,11H,9-10H2,1H3,(H,18,19)(H2,17,20,21). The lowest BCUT2D eigenvalue weighted by atomic mass is 10.1. The van der Waals surface area contributed by atoms with Crippen molar-refractivity contribution in [3.05, 3.63) is 59.7 Å². The van der Waals surface area contributed by atoms with Crippen molar-refractivity contribution >= 4 is 15.9 Å². The molecule has 6 nitrogen and oxygen atoms in total. The Morgan fingerprint density at radius 2 is 1.87 bits per heavy atom. The molecule has 0 fully saturated rings. The fraction of sp³-hybridized carbons (Fsp3) is 0.188. The van der Waals surface area contributed by atoms with Gasteiger partial charge in [-0.15, -0.1) is 0 Å². The lowest BCUT2D eigenvalue weighted by molar-refractivity contribution is 0.0951. The number of hydrogen-bond acceptors (Lipinski definition) is 4. The molecule has 23 heavy (non-hydrogen) atoms. The zero-order chi connectivity index (χ0) is 16.9. The molecule has 1 amide bonds. The van der Waals surface area contributed by atoms with E-state index in [-0.39, 0.29) is 16.2 Å². The Labute approximate surface area is 135 Å². The number of carbonyl (C=O) groups is 1. The van der Waals surface area contributed by atoms with E-state index < -0.39 is 15.9 Å². The second kappa shape index (κ2) is 7.26. The van der Waals surface area contributed by atoms with Crippen LogP contribution in [0, 0.1) is 0 Å². The first-order valence-electron chi connectivity index (χ1n) is 6.95. The molecule has 0 aliphatic rings. The molecule has 0 aliphatic heterocycles. The van der Waals surface area contributed by atoms with Crippen molar-refractivity contribution in [1.82, 2.24) is 5.32 Å². The Balaban J connectivity index is 2.11. The summed E-state index contributed by atoms with van der Waals surface area (Å²) in [6, 6.07) is 13.6. The number of sulfonamides is 1. The van der Waals surface area contributed by atoms with Gasteiger partial charge in [0.2, 0.25) is 10.0 Å². The molecule has 0 spiro atoms. The monoisotopic (exact) mass is 334 g/mol. The molecule has 0 heterocycles. The van der Waals surface area contributed by atoms with Crippen LogP contribution in [0.4, 0.5) is 0 Å². The van der Waals surface area contributed by atoms with Gasteiger partial charge >= 0.3 is 0 Å². The maximum absolute atomic E-state index is 12.3. The van der Waals surface area contributed by atoms with Crippen LogP contribution >= 0.6 is 0 Å². The number of amides is 1. The van der Waals surface area contributed by atoms with E-state index in [9.17, 15) is 13.2 Å². The minimum Gasteiger partial charge on any atom is -0.496 e. The highest BCUT2D eigenvalue weighted by atomic mass is 32.2. The van der Waals surface area contributed by atoms with Crippen molar-refractivity contribution in [3.8, 4) is 5.75 Å². The molecule has 0 bridgehead atoms. The normalized spacial score (nSPS) is 11.0. The maximum Gasteiger partial charge on any atom is 0.255 e. The van der Waals surface area contributed by atoms with E-state index in [0.29, 0.717) is 13.0 Å². The van der Waals surface area contributed by atoms with Gasteiger partial charge in [-0.1, -0.05) is 30.3 Å².